The van der Waals surface area contributed by atoms with Crippen LogP contribution in [0.5, 0.6) is 0 Å². The van der Waals surface area contributed by atoms with Crippen molar-refractivity contribution >= 4 is 17.5 Å². The van der Waals surface area contributed by atoms with Crippen LogP contribution >= 0.6 is 11.6 Å². The Bertz CT molecular complexity index is 909. The molecule has 1 aromatic carbocycles. The topological polar surface area (TPSA) is 64.2 Å². The average molecular weight is 399 g/mol. The molecule has 27 heavy (non-hydrogen) atoms. The number of carbonyl (C=O) groups excluding carboxylic acids is 1. The van der Waals surface area contributed by atoms with Crippen LogP contribution in [0.2, 0.25) is 5.02 Å². The molecular weight excluding hydrogens is 381 g/mol. The zero-order valence-corrected chi connectivity index (χ0v) is 15.1. The van der Waals surface area contributed by atoms with E-state index < -0.39 is 11.7 Å². The van der Waals surface area contributed by atoms with E-state index in [4.69, 9.17) is 17.3 Å². The van der Waals surface area contributed by atoms with Crippen molar-refractivity contribution in [2.45, 2.75) is 37.9 Å². The Morgan fingerprint density at radius 3 is 2.74 bits per heavy atom. The summed E-state index contributed by atoms with van der Waals surface area (Å²) in [5.74, 6) is -0.219. The summed E-state index contributed by atoms with van der Waals surface area (Å²) in [7, 11) is 0. The lowest BCUT2D eigenvalue weighted by atomic mass is 10.1. The highest BCUT2D eigenvalue weighted by atomic mass is 35.5. The zero-order valence-electron chi connectivity index (χ0n) is 14.4. The number of hydrogen-bond donors (Lipinski definition) is 1. The average Bonchev–Trinajstić information content (AvgIpc) is 3.30. The highest BCUT2D eigenvalue weighted by Gasteiger charge is 2.34. The van der Waals surface area contributed by atoms with Gasteiger partial charge in [0.2, 0.25) is 0 Å². The van der Waals surface area contributed by atoms with Gasteiger partial charge in [-0.3, -0.25) is 4.79 Å². The van der Waals surface area contributed by atoms with Crippen LogP contribution in [-0.4, -0.2) is 39.7 Å². The number of nitrogens with two attached hydrogens (primary N) is 1. The van der Waals surface area contributed by atoms with Crippen LogP contribution in [0.3, 0.4) is 0 Å². The lowest BCUT2D eigenvalue weighted by Crippen LogP contribution is -2.32. The standard InChI is InChI=1S/C18H18ClF3N4O/c19-13-5-4-10(18(20,21)22)8-15(13)26-14-3-1-2-12(14)16(24-26)17(27)25-7-6-11(23)9-25/h4-5,8,11H,1-3,6-7,9,23H2/t11-/m0/s1. The summed E-state index contributed by atoms with van der Waals surface area (Å²) >= 11 is 6.18. The van der Waals surface area contributed by atoms with Gasteiger partial charge in [0.15, 0.2) is 5.69 Å². The molecule has 1 fully saturated rings. The van der Waals surface area contributed by atoms with Crippen molar-refractivity contribution in [2.24, 2.45) is 5.73 Å². The number of rotatable bonds is 2. The minimum Gasteiger partial charge on any atom is -0.336 e. The van der Waals surface area contributed by atoms with Crippen molar-refractivity contribution in [3.63, 3.8) is 0 Å². The first kappa shape index (κ1) is 18.3. The van der Waals surface area contributed by atoms with Gasteiger partial charge in [0, 0.05) is 30.4 Å². The van der Waals surface area contributed by atoms with E-state index in [9.17, 15) is 18.0 Å². The molecular formula is C18H18ClF3N4O. The molecule has 0 spiro atoms. The van der Waals surface area contributed by atoms with Gasteiger partial charge in [0.25, 0.3) is 5.91 Å². The van der Waals surface area contributed by atoms with Gasteiger partial charge in [-0.15, -0.1) is 0 Å². The number of carbonyl (C=O) groups is 1. The molecule has 9 heteroatoms. The highest BCUT2D eigenvalue weighted by Crippen LogP contribution is 2.35. The molecule has 1 aliphatic carbocycles. The summed E-state index contributed by atoms with van der Waals surface area (Å²) < 4.78 is 40.8. The van der Waals surface area contributed by atoms with Crippen LogP contribution in [0.1, 0.15) is 40.2 Å². The summed E-state index contributed by atoms with van der Waals surface area (Å²) in [5.41, 5.74) is 7.07. The third-order valence-electron chi connectivity index (χ3n) is 5.15. The monoisotopic (exact) mass is 398 g/mol. The van der Waals surface area contributed by atoms with E-state index in [1.165, 1.54) is 10.7 Å². The van der Waals surface area contributed by atoms with E-state index in [-0.39, 0.29) is 22.7 Å². The summed E-state index contributed by atoms with van der Waals surface area (Å²) in [6, 6.07) is 3.08. The van der Waals surface area contributed by atoms with Gasteiger partial charge < -0.3 is 10.6 Å². The molecule has 4 rings (SSSR count). The van der Waals surface area contributed by atoms with Crippen LogP contribution in [0.25, 0.3) is 5.69 Å². The first-order valence-electron chi connectivity index (χ1n) is 8.78. The van der Waals surface area contributed by atoms with E-state index >= 15 is 0 Å². The van der Waals surface area contributed by atoms with E-state index in [1.807, 2.05) is 0 Å². The van der Waals surface area contributed by atoms with Gasteiger partial charge in [-0.2, -0.15) is 18.3 Å². The molecule has 1 amide bonds. The van der Waals surface area contributed by atoms with Crippen LogP contribution in [0.15, 0.2) is 18.2 Å². The predicted molar refractivity (Wildman–Crippen MR) is 94.1 cm³/mol. The number of halogens is 4. The summed E-state index contributed by atoms with van der Waals surface area (Å²) in [5, 5.41) is 4.54. The Kier molecular flexibility index (Phi) is 4.43. The zero-order chi connectivity index (χ0) is 19.3. The quantitative estimate of drug-likeness (QED) is 0.844. The fourth-order valence-electron chi connectivity index (χ4n) is 3.78. The lowest BCUT2D eigenvalue weighted by molar-refractivity contribution is -0.137. The highest BCUT2D eigenvalue weighted by molar-refractivity contribution is 6.32. The van der Waals surface area contributed by atoms with Crippen molar-refractivity contribution < 1.29 is 18.0 Å². The van der Waals surface area contributed by atoms with Crippen molar-refractivity contribution in [2.75, 3.05) is 13.1 Å². The lowest BCUT2D eigenvalue weighted by Gasteiger charge is -2.15. The van der Waals surface area contributed by atoms with E-state index in [0.717, 1.165) is 36.2 Å². The van der Waals surface area contributed by atoms with Gasteiger partial charge in [-0.05, 0) is 43.9 Å². The Morgan fingerprint density at radius 2 is 2.07 bits per heavy atom. The molecule has 0 bridgehead atoms. The summed E-state index contributed by atoms with van der Waals surface area (Å²) in [6.45, 7) is 1.02. The van der Waals surface area contributed by atoms with E-state index in [2.05, 4.69) is 5.10 Å². The van der Waals surface area contributed by atoms with Gasteiger partial charge in [-0.1, -0.05) is 11.6 Å². The second-order valence-electron chi connectivity index (χ2n) is 7.00. The smallest absolute Gasteiger partial charge is 0.336 e. The largest absolute Gasteiger partial charge is 0.416 e. The van der Waals surface area contributed by atoms with Crippen molar-refractivity contribution in [3.8, 4) is 5.69 Å². The van der Waals surface area contributed by atoms with Crippen molar-refractivity contribution in [3.05, 3.63) is 45.7 Å². The Labute approximate surface area is 158 Å². The number of hydrogen-bond acceptors (Lipinski definition) is 3. The minimum atomic E-state index is -4.49. The second kappa shape index (κ2) is 6.53. The van der Waals surface area contributed by atoms with E-state index in [1.54, 1.807) is 4.90 Å². The molecule has 2 aromatic rings. The number of alkyl halides is 3. The summed E-state index contributed by atoms with van der Waals surface area (Å²) in [4.78, 5) is 14.5. The first-order chi connectivity index (χ1) is 12.8. The number of amides is 1. The SMILES string of the molecule is N[C@H]1CCN(C(=O)c2nn(-c3cc(C(F)(F)F)ccc3Cl)c3c2CCC3)C1. The second-order valence-corrected chi connectivity index (χ2v) is 7.41. The summed E-state index contributed by atoms with van der Waals surface area (Å²) in [6.07, 6.45) is -1.62. The molecule has 0 radical (unpaired) electrons. The van der Waals surface area contributed by atoms with Gasteiger partial charge in [0.05, 0.1) is 16.3 Å². The molecule has 144 valence electrons. The van der Waals surface area contributed by atoms with Crippen LogP contribution in [-0.2, 0) is 19.0 Å². The molecule has 1 aliphatic heterocycles. The number of benzene rings is 1. The molecule has 1 aromatic heterocycles. The fourth-order valence-corrected chi connectivity index (χ4v) is 3.98. The van der Waals surface area contributed by atoms with Crippen LogP contribution in [0, 0.1) is 0 Å². The molecule has 2 aliphatic rings. The van der Waals surface area contributed by atoms with Crippen LogP contribution in [0.4, 0.5) is 13.2 Å². The maximum absolute atomic E-state index is 13.1. The number of fused-ring (bicyclic) bond motifs is 1. The molecule has 5 nitrogen and oxygen atoms in total. The third kappa shape index (κ3) is 3.21. The molecule has 2 heterocycles. The number of likely N-dealkylation sites (tertiary alicyclic amines) is 1. The van der Waals surface area contributed by atoms with Crippen molar-refractivity contribution in [1.82, 2.24) is 14.7 Å². The third-order valence-corrected chi connectivity index (χ3v) is 5.47. The Balaban J connectivity index is 1.79. The fraction of sp³-hybridized carbons (Fsp3) is 0.444. The number of aromatic nitrogens is 2. The van der Waals surface area contributed by atoms with Crippen LogP contribution < -0.4 is 5.73 Å². The molecule has 0 unspecified atom stereocenters. The first-order valence-corrected chi connectivity index (χ1v) is 9.16. The molecule has 2 N–H and O–H groups in total. The van der Waals surface area contributed by atoms with Gasteiger partial charge in [-0.25, -0.2) is 4.68 Å². The molecule has 1 atom stereocenters. The van der Waals surface area contributed by atoms with Gasteiger partial charge >= 0.3 is 6.18 Å². The van der Waals surface area contributed by atoms with Gasteiger partial charge in [0.1, 0.15) is 0 Å². The maximum Gasteiger partial charge on any atom is 0.416 e. The van der Waals surface area contributed by atoms with Crippen molar-refractivity contribution in [1.29, 1.82) is 0 Å². The normalized spacial score (nSPS) is 19.6. The number of nitrogens with zero attached hydrogens (tertiary/aromatic N) is 3. The minimum absolute atomic E-state index is 0.0537. The Morgan fingerprint density at radius 1 is 1.30 bits per heavy atom. The molecule has 0 saturated carbocycles. The Hall–Kier alpha value is -2.06. The predicted octanol–water partition coefficient (Wildman–Crippen LogP) is 3.21. The molecule has 1 saturated heterocycles. The van der Waals surface area contributed by atoms with E-state index in [0.29, 0.717) is 31.6 Å². The maximum atomic E-state index is 13.1.